The molecule has 2 amide bonds. The molecule has 2 aromatic rings. The van der Waals surface area contributed by atoms with Crippen molar-refractivity contribution in [2.24, 2.45) is 5.41 Å². The number of carboxylic acid groups (broad SMARTS) is 1. The third-order valence-electron chi connectivity index (χ3n) is 7.35. The number of nitrogens with one attached hydrogen (secondary N) is 2. The molecule has 8 heteroatoms. The zero-order valence-corrected chi connectivity index (χ0v) is 20.1. The Morgan fingerprint density at radius 1 is 1.09 bits per heavy atom. The summed E-state index contributed by atoms with van der Waals surface area (Å²) in [5.41, 5.74) is 3.62. The van der Waals surface area contributed by atoms with E-state index in [2.05, 4.69) is 34.9 Å². The maximum absolute atomic E-state index is 12.5. The molecule has 0 aliphatic heterocycles. The van der Waals surface area contributed by atoms with Crippen LogP contribution in [-0.4, -0.2) is 55.5 Å². The Bertz CT molecular complexity index is 1060. The Balaban J connectivity index is 1.27. The van der Waals surface area contributed by atoms with Crippen molar-refractivity contribution in [2.45, 2.75) is 50.7 Å². The van der Waals surface area contributed by atoms with Crippen molar-refractivity contribution in [2.75, 3.05) is 20.3 Å². The fourth-order valence-electron chi connectivity index (χ4n) is 5.20. The van der Waals surface area contributed by atoms with E-state index < -0.39 is 29.6 Å². The van der Waals surface area contributed by atoms with Gasteiger partial charge < -0.3 is 25.2 Å². The van der Waals surface area contributed by atoms with Crippen molar-refractivity contribution in [3.05, 3.63) is 59.7 Å². The van der Waals surface area contributed by atoms with Gasteiger partial charge in [0.1, 0.15) is 6.61 Å². The molecule has 2 aliphatic rings. The molecule has 1 saturated carbocycles. The molecule has 3 N–H and O–H groups in total. The lowest BCUT2D eigenvalue weighted by molar-refractivity contribution is -0.149. The third-order valence-corrected chi connectivity index (χ3v) is 7.35. The molecule has 0 radical (unpaired) electrons. The number of hydrogen-bond donors (Lipinski definition) is 3. The maximum Gasteiger partial charge on any atom is 0.407 e. The maximum atomic E-state index is 12.5. The Labute approximate surface area is 205 Å². The van der Waals surface area contributed by atoms with Gasteiger partial charge in [0, 0.05) is 25.6 Å². The molecule has 2 aromatic carbocycles. The van der Waals surface area contributed by atoms with Crippen LogP contribution in [0, 0.1) is 5.41 Å². The second-order valence-electron chi connectivity index (χ2n) is 9.50. The Morgan fingerprint density at radius 3 is 2.31 bits per heavy atom. The third kappa shape index (κ3) is 5.17. The Kier molecular flexibility index (Phi) is 7.40. The first kappa shape index (κ1) is 24.7. The summed E-state index contributed by atoms with van der Waals surface area (Å²) in [7, 11) is 1.47. The summed E-state index contributed by atoms with van der Waals surface area (Å²) in [6.45, 7) is 1.97. The highest BCUT2D eigenvalue weighted by Gasteiger charge is 2.46. The monoisotopic (exact) mass is 480 g/mol. The highest BCUT2D eigenvalue weighted by Crippen LogP contribution is 2.44. The molecule has 0 saturated heterocycles. The molecule has 1 fully saturated rings. The summed E-state index contributed by atoms with van der Waals surface area (Å²) in [4.78, 5) is 36.6. The predicted octanol–water partition coefficient (Wildman–Crippen LogP) is 3.69. The van der Waals surface area contributed by atoms with E-state index in [0.29, 0.717) is 12.8 Å². The van der Waals surface area contributed by atoms with Crippen LogP contribution in [0.5, 0.6) is 0 Å². The molecule has 8 nitrogen and oxygen atoms in total. The smallest absolute Gasteiger partial charge is 0.407 e. The molecule has 0 spiro atoms. The molecule has 3 unspecified atom stereocenters. The number of rotatable bonds is 9. The molecule has 2 aliphatic carbocycles. The van der Waals surface area contributed by atoms with Crippen molar-refractivity contribution in [3.63, 3.8) is 0 Å². The van der Waals surface area contributed by atoms with Gasteiger partial charge in [0.2, 0.25) is 5.91 Å². The minimum Gasteiger partial charge on any atom is -0.481 e. The number of fused-ring (bicyclic) bond motifs is 3. The molecule has 0 aromatic heterocycles. The lowest BCUT2D eigenvalue weighted by Gasteiger charge is -2.28. The van der Waals surface area contributed by atoms with Gasteiger partial charge in [0.15, 0.2) is 0 Å². The number of ether oxygens (including phenoxy) is 2. The van der Waals surface area contributed by atoms with E-state index in [1.165, 1.54) is 7.11 Å². The molecule has 0 heterocycles. The summed E-state index contributed by atoms with van der Waals surface area (Å²) in [5.74, 6) is -1.24. The van der Waals surface area contributed by atoms with E-state index in [-0.39, 0.29) is 31.4 Å². The second kappa shape index (κ2) is 10.5. The lowest BCUT2D eigenvalue weighted by Crippen LogP contribution is -2.48. The fourth-order valence-corrected chi connectivity index (χ4v) is 5.20. The van der Waals surface area contributed by atoms with Crippen LogP contribution in [0.2, 0.25) is 0 Å². The van der Waals surface area contributed by atoms with Crippen LogP contribution in [0.4, 0.5) is 4.79 Å². The molecule has 0 bridgehead atoms. The number of carbonyl (C=O) groups excluding carboxylic acids is 2. The summed E-state index contributed by atoms with van der Waals surface area (Å²) < 4.78 is 10.9. The van der Waals surface area contributed by atoms with Gasteiger partial charge in [-0.25, -0.2) is 4.79 Å². The van der Waals surface area contributed by atoms with Crippen LogP contribution >= 0.6 is 0 Å². The number of hydrogen-bond acceptors (Lipinski definition) is 5. The number of alkyl carbamates (subject to hydrolysis) is 1. The molecule has 3 atom stereocenters. The first-order chi connectivity index (χ1) is 16.8. The van der Waals surface area contributed by atoms with Crippen LogP contribution in [-0.2, 0) is 19.1 Å². The highest BCUT2D eigenvalue weighted by molar-refractivity contribution is 5.81. The Hall–Kier alpha value is -3.39. The van der Waals surface area contributed by atoms with E-state index >= 15 is 0 Å². The minimum atomic E-state index is -0.961. The first-order valence-electron chi connectivity index (χ1n) is 12.0. The van der Waals surface area contributed by atoms with Crippen molar-refractivity contribution in [3.8, 4) is 11.1 Å². The molecule has 35 heavy (non-hydrogen) atoms. The van der Waals surface area contributed by atoms with Gasteiger partial charge in [-0.1, -0.05) is 55.0 Å². The van der Waals surface area contributed by atoms with E-state index in [9.17, 15) is 19.5 Å². The van der Waals surface area contributed by atoms with E-state index in [4.69, 9.17) is 9.47 Å². The predicted molar refractivity (Wildman–Crippen MR) is 130 cm³/mol. The quantitative estimate of drug-likeness (QED) is 0.504. The van der Waals surface area contributed by atoms with E-state index in [1.54, 1.807) is 6.92 Å². The molecule has 4 rings (SSSR count). The van der Waals surface area contributed by atoms with Gasteiger partial charge in [-0.3, -0.25) is 9.59 Å². The topological polar surface area (TPSA) is 114 Å². The number of carboxylic acids is 1. The molecule has 186 valence electrons. The zero-order valence-electron chi connectivity index (χ0n) is 20.1. The number of benzene rings is 2. The second-order valence-corrected chi connectivity index (χ2v) is 9.50. The summed E-state index contributed by atoms with van der Waals surface area (Å²) in [5, 5.41) is 15.0. The van der Waals surface area contributed by atoms with Gasteiger partial charge >= 0.3 is 12.1 Å². The normalized spacial score (nSPS) is 21.6. The standard InChI is InChI=1S/C27H32N2O6/c1-27(25(31)32)13-7-12-23(27)29-24(30)14-17(34-2)15-28-26(33)35-16-22-20-10-5-3-8-18(20)19-9-4-6-11-21(19)22/h3-6,8-11,17,22-23H,7,12-16H2,1-2H3,(H,28,33)(H,29,30)(H,31,32). The Morgan fingerprint density at radius 2 is 1.71 bits per heavy atom. The van der Waals surface area contributed by atoms with Crippen LogP contribution in [0.15, 0.2) is 48.5 Å². The van der Waals surface area contributed by atoms with Crippen molar-refractivity contribution in [1.82, 2.24) is 10.6 Å². The van der Waals surface area contributed by atoms with Gasteiger partial charge in [0.05, 0.1) is 17.9 Å². The highest BCUT2D eigenvalue weighted by atomic mass is 16.5. The van der Waals surface area contributed by atoms with Gasteiger partial charge in [-0.05, 0) is 42.0 Å². The van der Waals surface area contributed by atoms with Crippen LogP contribution in [0.3, 0.4) is 0 Å². The SMILES string of the molecule is COC(CNC(=O)OCC1c2ccccc2-c2ccccc21)CC(=O)NC1CCCC1(C)C(=O)O. The zero-order chi connectivity index (χ0) is 25.0. The van der Waals surface area contributed by atoms with Crippen LogP contribution in [0.25, 0.3) is 11.1 Å². The molecular formula is C27H32N2O6. The van der Waals surface area contributed by atoms with Crippen molar-refractivity contribution < 1.29 is 29.0 Å². The average Bonchev–Trinajstić information content (AvgIpc) is 3.39. The largest absolute Gasteiger partial charge is 0.481 e. The number of amides is 2. The first-order valence-corrected chi connectivity index (χ1v) is 12.0. The fraction of sp³-hybridized carbons (Fsp3) is 0.444. The van der Waals surface area contributed by atoms with E-state index in [1.807, 2.05) is 24.3 Å². The number of aliphatic carboxylic acids is 1. The van der Waals surface area contributed by atoms with Gasteiger partial charge in [0.25, 0.3) is 0 Å². The lowest BCUT2D eigenvalue weighted by atomic mass is 9.85. The van der Waals surface area contributed by atoms with Crippen LogP contribution in [0.1, 0.15) is 49.7 Å². The average molecular weight is 481 g/mol. The summed E-state index contributed by atoms with van der Waals surface area (Å²) in [6, 6.07) is 15.8. The molecular weight excluding hydrogens is 448 g/mol. The summed E-state index contributed by atoms with van der Waals surface area (Å²) >= 11 is 0. The summed E-state index contributed by atoms with van der Waals surface area (Å²) in [6.07, 6.45) is 0.780. The van der Waals surface area contributed by atoms with Crippen molar-refractivity contribution in [1.29, 1.82) is 0 Å². The van der Waals surface area contributed by atoms with Crippen LogP contribution < -0.4 is 10.6 Å². The van der Waals surface area contributed by atoms with E-state index in [0.717, 1.165) is 28.7 Å². The van der Waals surface area contributed by atoms with Gasteiger partial charge in [-0.2, -0.15) is 0 Å². The number of methoxy groups -OCH3 is 1. The van der Waals surface area contributed by atoms with Gasteiger partial charge in [-0.15, -0.1) is 0 Å². The minimum absolute atomic E-state index is 0.00630. The number of carbonyl (C=O) groups is 3. The van der Waals surface area contributed by atoms with Crippen molar-refractivity contribution >= 4 is 18.0 Å².